The number of nitrogens with one attached hydrogen (secondary N) is 1. The molecule has 0 fully saturated rings. The van der Waals surface area contributed by atoms with E-state index in [9.17, 15) is 4.39 Å². The number of halogens is 1. The summed E-state index contributed by atoms with van der Waals surface area (Å²) in [6.45, 7) is 2.93. The molecule has 1 aromatic carbocycles. The molecule has 0 spiro atoms. The average molecular weight is 226 g/mol. The zero-order valence-electron chi connectivity index (χ0n) is 8.96. The number of benzene rings is 1. The van der Waals surface area contributed by atoms with Gasteiger partial charge in [-0.15, -0.1) is 0 Å². The van der Waals surface area contributed by atoms with Crippen LogP contribution >= 0.6 is 12.2 Å². The van der Waals surface area contributed by atoms with Crippen molar-refractivity contribution < 1.29 is 4.39 Å². The molecule has 0 aliphatic rings. The van der Waals surface area contributed by atoms with Crippen LogP contribution in [0.2, 0.25) is 0 Å². The molecule has 0 saturated heterocycles. The van der Waals surface area contributed by atoms with Crippen LogP contribution in [0.5, 0.6) is 0 Å². The maximum absolute atomic E-state index is 12.7. The molecule has 0 saturated carbocycles. The van der Waals surface area contributed by atoms with Crippen LogP contribution in [0.3, 0.4) is 0 Å². The summed E-state index contributed by atoms with van der Waals surface area (Å²) >= 11 is 5.18. The maximum Gasteiger partial charge on any atom is 0.173 e. The molecule has 1 rings (SSSR count). The van der Waals surface area contributed by atoms with Crippen molar-refractivity contribution in [1.29, 1.82) is 0 Å². The minimum Gasteiger partial charge on any atom is -0.362 e. The molecule has 4 heteroatoms. The number of rotatable bonds is 3. The van der Waals surface area contributed by atoms with E-state index in [1.807, 2.05) is 11.9 Å². The molecular weight excluding hydrogens is 211 g/mol. The molecule has 2 nitrogen and oxygen atoms in total. The minimum absolute atomic E-state index is 0.236. The lowest BCUT2D eigenvalue weighted by molar-refractivity contribution is 0.628. The molecule has 0 aliphatic heterocycles. The van der Waals surface area contributed by atoms with Crippen LogP contribution in [-0.4, -0.2) is 18.7 Å². The first-order valence-corrected chi connectivity index (χ1v) is 5.33. The predicted molar refractivity (Wildman–Crippen MR) is 65.7 cm³/mol. The van der Waals surface area contributed by atoms with E-state index in [0.29, 0.717) is 5.11 Å². The Morgan fingerprint density at radius 1 is 1.40 bits per heavy atom. The average Bonchev–Trinajstić information content (AvgIpc) is 2.26. The van der Waals surface area contributed by atoms with Gasteiger partial charge >= 0.3 is 0 Å². The standard InChI is InChI=1S/C11H15FN2S/c1-3-8-13-11(15)14(2)10-6-4-9(12)5-7-10/h4-7H,3,8H2,1-2H3,(H,13,15). The SMILES string of the molecule is CCCNC(=S)N(C)c1ccc(F)cc1. The first kappa shape index (κ1) is 11.9. The fraction of sp³-hybridized carbons (Fsp3) is 0.364. The van der Waals surface area contributed by atoms with Crippen LogP contribution in [-0.2, 0) is 0 Å². The Labute approximate surface area is 95.1 Å². The third kappa shape index (κ3) is 3.47. The van der Waals surface area contributed by atoms with Gasteiger partial charge in [-0.05, 0) is 42.9 Å². The largest absolute Gasteiger partial charge is 0.362 e. The molecule has 82 valence electrons. The first-order valence-electron chi connectivity index (χ1n) is 4.92. The summed E-state index contributed by atoms with van der Waals surface area (Å²) in [5.41, 5.74) is 0.880. The summed E-state index contributed by atoms with van der Waals surface area (Å²) < 4.78 is 12.7. The lowest BCUT2D eigenvalue weighted by Gasteiger charge is -2.20. The Hall–Kier alpha value is -1.16. The molecule has 0 aromatic heterocycles. The van der Waals surface area contributed by atoms with Crippen molar-refractivity contribution >= 4 is 23.0 Å². The number of nitrogens with zero attached hydrogens (tertiary/aromatic N) is 1. The second-order valence-electron chi connectivity index (χ2n) is 3.27. The van der Waals surface area contributed by atoms with Crippen molar-refractivity contribution in [1.82, 2.24) is 5.32 Å². The van der Waals surface area contributed by atoms with Crippen molar-refractivity contribution in [2.24, 2.45) is 0 Å². The van der Waals surface area contributed by atoms with E-state index in [1.165, 1.54) is 12.1 Å². The zero-order valence-corrected chi connectivity index (χ0v) is 9.77. The highest BCUT2D eigenvalue weighted by Gasteiger charge is 2.05. The van der Waals surface area contributed by atoms with Crippen LogP contribution in [0.1, 0.15) is 13.3 Å². The van der Waals surface area contributed by atoms with E-state index in [0.717, 1.165) is 18.7 Å². The van der Waals surface area contributed by atoms with Gasteiger partial charge in [-0.1, -0.05) is 6.92 Å². The quantitative estimate of drug-likeness (QED) is 0.797. The Bertz CT molecular complexity index is 324. The van der Waals surface area contributed by atoms with Gasteiger partial charge in [-0.3, -0.25) is 0 Å². The summed E-state index contributed by atoms with van der Waals surface area (Å²) in [7, 11) is 1.86. The van der Waals surface area contributed by atoms with Crippen molar-refractivity contribution in [3.05, 3.63) is 30.1 Å². The van der Waals surface area contributed by atoms with Gasteiger partial charge in [0.05, 0.1) is 0 Å². The van der Waals surface area contributed by atoms with Crippen molar-refractivity contribution in [2.45, 2.75) is 13.3 Å². The molecule has 1 aromatic rings. The van der Waals surface area contributed by atoms with E-state index in [2.05, 4.69) is 12.2 Å². The molecule has 0 bridgehead atoms. The van der Waals surface area contributed by atoms with Crippen LogP contribution < -0.4 is 10.2 Å². The van der Waals surface area contributed by atoms with E-state index in [1.54, 1.807) is 12.1 Å². The van der Waals surface area contributed by atoms with E-state index in [-0.39, 0.29) is 5.82 Å². The van der Waals surface area contributed by atoms with Crippen LogP contribution in [0, 0.1) is 5.82 Å². The van der Waals surface area contributed by atoms with Gasteiger partial charge in [-0.2, -0.15) is 0 Å². The molecule has 0 unspecified atom stereocenters. The summed E-state index contributed by atoms with van der Waals surface area (Å²) in [6.07, 6.45) is 1.03. The summed E-state index contributed by atoms with van der Waals surface area (Å²) in [4.78, 5) is 1.82. The smallest absolute Gasteiger partial charge is 0.173 e. The Morgan fingerprint density at radius 2 is 2.00 bits per heavy atom. The summed E-state index contributed by atoms with van der Waals surface area (Å²) in [5, 5.41) is 3.76. The van der Waals surface area contributed by atoms with Gasteiger partial charge < -0.3 is 10.2 Å². The lowest BCUT2D eigenvalue weighted by Crippen LogP contribution is -2.37. The van der Waals surface area contributed by atoms with Crippen LogP contribution in [0.15, 0.2) is 24.3 Å². The van der Waals surface area contributed by atoms with Gasteiger partial charge in [-0.25, -0.2) is 4.39 Å². The second kappa shape index (κ2) is 5.66. The highest BCUT2D eigenvalue weighted by molar-refractivity contribution is 7.80. The van der Waals surface area contributed by atoms with Gasteiger partial charge in [0.1, 0.15) is 5.82 Å². The molecule has 0 atom stereocenters. The highest BCUT2D eigenvalue weighted by Crippen LogP contribution is 2.12. The molecule has 0 amide bonds. The Morgan fingerprint density at radius 3 is 2.53 bits per heavy atom. The Kier molecular flexibility index (Phi) is 4.49. The van der Waals surface area contributed by atoms with Gasteiger partial charge in [0.15, 0.2) is 5.11 Å². The Balaban J connectivity index is 2.63. The normalized spacial score (nSPS) is 9.80. The molecule has 0 heterocycles. The molecule has 0 radical (unpaired) electrons. The number of anilines is 1. The molecular formula is C11H15FN2S. The zero-order chi connectivity index (χ0) is 11.3. The fourth-order valence-electron chi connectivity index (χ4n) is 1.13. The van der Waals surface area contributed by atoms with Crippen molar-refractivity contribution in [3.63, 3.8) is 0 Å². The van der Waals surface area contributed by atoms with E-state index < -0.39 is 0 Å². The van der Waals surface area contributed by atoms with Gasteiger partial charge in [0.25, 0.3) is 0 Å². The minimum atomic E-state index is -0.236. The monoisotopic (exact) mass is 226 g/mol. The number of hydrogen-bond acceptors (Lipinski definition) is 1. The van der Waals surface area contributed by atoms with E-state index >= 15 is 0 Å². The van der Waals surface area contributed by atoms with Gasteiger partial charge in [0, 0.05) is 19.3 Å². The van der Waals surface area contributed by atoms with Crippen molar-refractivity contribution in [2.75, 3.05) is 18.5 Å². The third-order valence-electron chi connectivity index (χ3n) is 2.04. The lowest BCUT2D eigenvalue weighted by atomic mass is 10.3. The first-order chi connectivity index (χ1) is 7.15. The third-order valence-corrected chi connectivity index (χ3v) is 2.46. The van der Waals surface area contributed by atoms with Crippen LogP contribution in [0.25, 0.3) is 0 Å². The van der Waals surface area contributed by atoms with Gasteiger partial charge in [0.2, 0.25) is 0 Å². The maximum atomic E-state index is 12.7. The molecule has 1 N–H and O–H groups in total. The number of thiocarbonyl (C=S) groups is 1. The fourth-order valence-corrected chi connectivity index (χ4v) is 1.34. The molecule has 15 heavy (non-hydrogen) atoms. The second-order valence-corrected chi connectivity index (χ2v) is 3.65. The topological polar surface area (TPSA) is 15.3 Å². The summed E-state index contributed by atoms with van der Waals surface area (Å²) in [6, 6.07) is 6.26. The predicted octanol–water partition coefficient (Wildman–Crippen LogP) is 2.55. The van der Waals surface area contributed by atoms with Crippen LogP contribution in [0.4, 0.5) is 10.1 Å². The molecule has 0 aliphatic carbocycles. The summed E-state index contributed by atoms with van der Waals surface area (Å²) in [5.74, 6) is -0.236. The highest BCUT2D eigenvalue weighted by atomic mass is 32.1. The van der Waals surface area contributed by atoms with Crippen molar-refractivity contribution in [3.8, 4) is 0 Å². The number of hydrogen-bond donors (Lipinski definition) is 1. The van der Waals surface area contributed by atoms with E-state index in [4.69, 9.17) is 12.2 Å².